The summed E-state index contributed by atoms with van der Waals surface area (Å²) >= 11 is 0. The van der Waals surface area contributed by atoms with Gasteiger partial charge in [0.2, 0.25) is 0 Å². The predicted molar refractivity (Wildman–Crippen MR) is 76.6 cm³/mol. The van der Waals surface area contributed by atoms with Gasteiger partial charge in [0.1, 0.15) is 17.8 Å². The van der Waals surface area contributed by atoms with E-state index < -0.39 is 18.5 Å². The molecule has 8 heteroatoms. The Balaban J connectivity index is 2.16. The van der Waals surface area contributed by atoms with Crippen molar-refractivity contribution in [3.63, 3.8) is 0 Å². The molecule has 2 aromatic heterocycles. The van der Waals surface area contributed by atoms with Crippen molar-refractivity contribution in [1.82, 2.24) is 24.6 Å². The van der Waals surface area contributed by atoms with Crippen LogP contribution in [0.5, 0.6) is 0 Å². The van der Waals surface area contributed by atoms with Gasteiger partial charge in [0.25, 0.3) is 5.91 Å². The smallest absolute Gasteiger partial charge is 0.319 e. The molecular weight excluding hydrogens is 292 g/mol. The van der Waals surface area contributed by atoms with Crippen LogP contribution in [0.3, 0.4) is 0 Å². The van der Waals surface area contributed by atoms with Crippen molar-refractivity contribution in [1.29, 1.82) is 0 Å². The lowest BCUT2D eigenvalue weighted by Crippen LogP contribution is -2.30. The molecule has 0 aliphatic carbocycles. The largest absolute Gasteiger partial charge is 0.341 e. The van der Waals surface area contributed by atoms with E-state index in [-0.39, 0.29) is 5.69 Å². The molecule has 0 unspecified atom stereocenters. The average Bonchev–Trinajstić information content (AvgIpc) is 3.05. The quantitative estimate of drug-likeness (QED) is 0.892. The first kappa shape index (κ1) is 16.1. The molecule has 0 radical (unpaired) electrons. The van der Waals surface area contributed by atoms with Gasteiger partial charge >= 0.3 is 6.55 Å². The zero-order valence-corrected chi connectivity index (χ0v) is 12.8. The molecule has 1 N–H and O–H groups in total. The number of carbonyl (C=O) groups excluding carboxylic acids is 1. The van der Waals surface area contributed by atoms with Crippen LogP contribution in [0.1, 0.15) is 54.9 Å². The maximum absolute atomic E-state index is 13.0. The number of rotatable bonds is 6. The molecule has 0 spiro atoms. The van der Waals surface area contributed by atoms with E-state index in [1.165, 1.54) is 25.4 Å². The van der Waals surface area contributed by atoms with E-state index in [0.717, 1.165) is 6.42 Å². The Morgan fingerprint density at radius 1 is 1.41 bits per heavy atom. The normalized spacial score (nSPS) is 12.6. The molecule has 2 rings (SSSR count). The van der Waals surface area contributed by atoms with E-state index in [2.05, 4.69) is 15.4 Å². The summed E-state index contributed by atoms with van der Waals surface area (Å²) in [6.45, 7) is 3.21. The van der Waals surface area contributed by atoms with E-state index in [1.807, 2.05) is 6.92 Å². The zero-order valence-electron chi connectivity index (χ0n) is 12.8. The molecular formula is C14H19F2N5O. The van der Waals surface area contributed by atoms with Crippen LogP contribution in [-0.2, 0) is 6.54 Å². The number of nitrogens with one attached hydrogen (secondary N) is 1. The number of amides is 1. The third-order valence-corrected chi connectivity index (χ3v) is 3.37. The van der Waals surface area contributed by atoms with Crippen LogP contribution in [0, 0.1) is 6.92 Å². The first-order valence-electron chi connectivity index (χ1n) is 7.10. The number of alkyl halides is 2. The molecule has 0 bridgehead atoms. The minimum absolute atomic E-state index is 0.0686. The van der Waals surface area contributed by atoms with Gasteiger partial charge in [0, 0.05) is 12.2 Å². The Bertz CT molecular complexity index is 649. The van der Waals surface area contributed by atoms with Gasteiger partial charge < -0.3 is 5.32 Å². The molecule has 22 heavy (non-hydrogen) atoms. The molecule has 6 nitrogen and oxygen atoms in total. The Kier molecular flexibility index (Phi) is 4.89. The lowest BCUT2D eigenvalue weighted by atomic mass is 10.3. The molecule has 0 saturated carbocycles. The van der Waals surface area contributed by atoms with Crippen molar-refractivity contribution in [2.24, 2.45) is 0 Å². The molecule has 2 heterocycles. The number of carbonyl (C=O) groups is 1. The topological polar surface area (TPSA) is 64.7 Å². The van der Waals surface area contributed by atoms with Crippen molar-refractivity contribution in [3.05, 3.63) is 35.7 Å². The summed E-state index contributed by atoms with van der Waals surface area (Å²) in [5.41, 5.74) is 0.267. The first-order valence-corrected chi connectivity index (χ1v) is 7.10. The van der Waals surface area contributed by atoms with E-state index in [4.69, 9.17) is 0 Å². The van der Waals surface area contributed by atoms with Gasteiger partial charge in [-0.1, -0.05) is 6.92 Å². The number of hydrogen-bond acceptors (Lipinski definition) is 3. The maximum Gasteiger partial charge on any atom is 0.319 e. The minimum Gasteiger partial charge on any atom is -0.341 e. The van der Waals surface area contributed by atoms with Gasteiger partial charge in [-0.3, -0.25) is 9.36 Å². The molecule has 0 fully saturated rings. The second-order valence-electron chi connectivity index (χ2n) is 5.04. The van der Waals surface area contributed by atoms with Crippen molar-refractivity contribution < 1.29 is 13.6 Å². The average molecular weight is 311 g/mol. The predicted octanol–water partition coefficient (Wildman–Crippen LogP) is 2.68. The van der Waals surface area contributed by atoms with E-state index in [0.29, 0.717) is 22.6 Å². The van der Waals surface area contributed by atoms with Crippen LogP contribution in [0.25, 0.3) is 0 Å². The number of halogens is 2. The number of hydrogen-bond donors (Lipinski definition) is 1. The molecule has 120 valence electrons. The molecule has 1 atom stereocenters. The summed E-state index contributed by atoms with van der Waals surface area (Å²) < 4.78 is 28.4. The van der Waals surface area contributed by atoms with Crippen LogP contribution in [0.2, 0.25) is 0 Å². The van der Waals surface area contributed by atoms with Gasteiger partial charge in [-0.2, -0.15) is 13.9 Å². The Morgan fingerprint density at radius 2 is 2.14 bits per heavy atom. The van der Waals surface area contributed by atoms with Crippen molar-refractivity contribution in [2.75, 3.05) is 0 Å². The van der Waals surface area contributed by atoms with E-state index in [9.17, 15) is 13.6 Å². The molecule has 0 aromatic carbocycles. The zero-order chi connectivity index (χ0) is 16.3. The summed E-state index contributed by atoms with van der Waals surface area (Å²) in [5.74, 6) is 0.0361. The highest BCUT2D eigenvalue weighted by Crippen LogP contribution is 2.19. The van der Waals surface area contributed by atoms with Crippen molar-refractivity contribution in [2.45, 2.75) is 46.3 Å². The number of aryl methyl sites for hydroxylation is 2. The standard InChI is InChI=1S/C14H19F2N5O/c1-4-7-20-12(17-8-18-20)10(3)19-13(22)11-6-5-9(2)21(11)14(15)16/h5-6,8,10,14H,4,7H2,1-3H3,(H,19,22)/t10-/m1/s1. The summed E-state index contributed by atoms with van der Waals surface area (Å²) in [7, 11) is 0. The lowest BCUT2D eigenvalue weighted by molar-refractivity contribution is 0.0614. The highest BCUT2D eigenvalue weighted by molar-refractivity contribution is 5.93. The van der Waals surface area contributed by atoms with Crippen LogP contribution in [0.15, 0.2) is 18.5 Å². The fourth-order valence-corrected chi connectivity index (χ4v) is 2.32. The monoisotopic (exact) mass is 311 g/mol. The summed E-state index contributed by atoms with van der Waals surface area (Å²) in [5, 5.41) is 6.78. The molecule has 0 aliphatic rings. The van der Waals surface area contributed by atoms with Gasteiger partial charge in [0.15, 0.2) is 0 Å². The Morgan fingerprint density at radius 3 is 2.77 bits per heavy atom. The van der Waals surface area contributed by atoms with Crippen LogP contribution in [0.4, 0.5) is 8.78 Å². The molecule has 2 aromatic rings. The molecule has 1 amide bonds. The highest BCUT2D eigenvalue weighted by atomic mass is 19.3. The van der Waals surface area contributed by atoms with Gasteiger partial charge in [-0.15, -0.1) is 0 Å². The van der Waals surface area contributed by atoms with Crippen molar-refractivity contribution >= 4 is 5.91 Å². The van der Waals surface area contributed by atoms with E-state index >= 15 is 0 Å². The molecule has 0 saturated heterocycles. The third kappa shape index (κ3) is 3.15. The highest BCUT2D eigenvalue weighted by Gasteiger charge is 2.22. The Hall–Kier alpha value is -2.25. The Labute approximate surface area is 127 Å². The third-order valence-electron chi connectivity index (χ3n) is 3.37. The van der Waals surface area contributed by atoms with Crippen LogP contribution < -0.4 is 5.32 Å². The molecule has 0 aliphatic heterocycles. The maximum atomic E-state index is 13.0. The summed E-state index contributed by atoms with van der Waals surface area (Å²) in [6, 6.07) is 2.45. The fourth-order valence-electron chi connectivity index (χ4n) is 2.32. The van der Waals surface area contributed by atoms with Crippen LogP contribution in [-0.4, -0.2) is 25.2 Å². The van der Waals surface area contributed by atoms with Gasteiger partial charge in [-0.05, 0) is 32.4 Å². The number of nitrogens with zero attached hydrogens (tertiary/aromatic N) is 4. The summed E-state index contributed by atoms with van der Waals surface area (Å²) in [6.07, 6.45) is 2.30. The fraction of sp³-hybridized carbons (Fsp3) is 0.500. The summed E-state index contributed by atoms with van der Waals surface area (Å²) in [4.78, 5) is 16.4. The first-order chi connectivity index (χ1) is 10.5. The van der Waals surface area contributed by atoms with Gasteiger partial charge in [0.05, 0.1) is 6.04 Å². The van der Waals surface area contributed by atoms with Gasteiger partial charge in [-0.25, -0.2) is 9.67 Å². The number of aromatic nitrogens is 4. The van der Waals surface area contributed by atoms with Crippen molar-refractivity contribution in [3.8, 4) is 0 Å². The van der Waals surface area contributed by atoms with E-state index in [1.54, 1.807) is 11.6 Å². The minimum atomic E-state index is -2.75. The lowest BCUT2D eigenvalue weighted by Gasteiger charge is -2.16. The second-order valence-corrected chi connectivity index (χ2v) is 5.04. The van der Waals surface area contributed by atoms with Crippen LogP contribution >= 0.6 is 0 Å². The second kappa shape index (κ2) is 6.67. The SMILES string of the molecule is CCCn1ncnc1[C@@H](C)NC(=O)c1ccc(C)n1C(F)F.